The lowest BCUT2D eigenvalue weighted by molar-refractivity contribution is -0.124. The van der Waals surface area contributed by atoms with Crippen LogP contribution in [0.2, 0.25) is 10.0 Å². The molecule has 0 aliphatic heterocycles. The first kappa shape index (κ1) is 19.6. The number of carbonyl (C=O) groups is 2. The van der Waals surface area contributed by atoms with Crippen molar-refractivity contribution in [2.24, 2.45) is 5.92 Å². The molecule has 0 aliphatic rings. The Labute approximate surface area is 146 Å². The van der Waals surface area contributed by atoms with Crippen molar-refractivity contribution in [1.82, 2.24) is 10.6 Å². The lowest BCUT2D eigenvalue weighted by Crippen LogP contribution is -2.50. The zero-order valence-electron chi connectivity index (χ0n) is 13.7. The van der Waals surface area contributed by atoms with E-state index in [2.05, 4.69) is 10.6 Å². The van der Waals surface area contributed by atoms with Crippen molar-refractivity contribution in [3.05, 3.63) is 33.8 Å². The second kappa shape index (κ2) is 8.99. The van der Waals surface area contributed by atoms with Crippen LogP contribution in [0.25, 0.3) is 0 Å². The quantitative estimate of drug-likeness (QED) is 0.807. The molecule has 23 heavy (non-hydrogen) atoms. The molecule has 0 fully saturated rings. The maximum Gasteiger partial charge on any atom is 0.407 e. The fourth-order valence-electron chi connectivity index (χ4n) is 2.00. The van der Waals surface area contributed by atoms with Crippen LogP contribution in [0.1, 0.15) is 39.3 Å². The van der Waals surface area contributed by atoms with Crippen LogP contribution in [0, 0.1) is 5.92 Å². The summed E-state index contributed by atoms with van der Waals surface area (Å²) in [5, 5.41) is 6.32. The van der Waals surface area contributed by atoms with Crippen LogP contribution in [-0.4, -0.2) is 24.6 Å². The third-order valence-electron chi connectivity index (χ3n) is 3.30. The van der Waals surface area contributed by atoms with Gasteiger partial charge in [0.05, 0.1) is 22.7 Å². The minimum Gasteiger partial charge on any atom is -0.450 e. The fourth-order valence-corrected chi connectivity index (χ4v) is 2.31. The number of amides is 2. The van der Waals surface area contributed by atoms with Crippen LogP contribution in [0.3, 0.4) is 0 Å². The van der Waals surface area contributed by atoms with Crippen molar-refractivity contribution in [3.63, 3.8) is 0 Å². The molecule has 2 amide bonds. The first-order chi connectivity index (χ1) is 10.8. The Morgan fingerprint density at radius 1 is 1.13 bits per heavy atom. The van der Waals surface area contributed by atoms with Gasteiger partial charge in [-0.3, -0.25) is 4.79 Å². The summed E-state index contributed by atoms with van der Waals surface area (Å²) in [6.45, 7) is 7.48. The van der Waals surface area contributed by atoms with E-state index >= 15 is 0 Å². The number of rotatable bonds is 6. The van der Waals surface area contributed by atoms with E-state index in [-0.39, 0.29) is 24.5 Å². The summed E-state index contributed by atoms with van der Waals surface area (Å²) in [7, 11) is 0. The highest BCUT2D eigenvalue weighted by molar-refractivity contribution is 6.42. The first-order valence-corrected chi connectivity index (χ1v) is 8.20. The SMILES string of the molecule is CCOC(=O)NC(C(=O)NC(C)c1ccc(Cl)c(Cl)c1)C(C)C. The number of benzene rings is 1. The van der Waals surface area contributed by atoms with Crippen LogP contribution < -0.4 is 10.6 Å². The maximum absolute atomic E-state index is 12.4. The second-order valence-electron chi connectivity index (χ2n) is 5.49. The molecule has 2 atom stereocenters. The van der Waals surface area contributed by atoms with E-state index in [0.29, 0.717) is 10.0 Å². The molecule has 2 unspecified atom stereocenters. The molecule has 0 spiro atoms. The Hall–Kier alpha value is -1.46. The monoisotopic (exact) mass is 360 g/mol. The first-order valence-electron chi connectivity index (χ1n) is 7.44. The van der Waals surface area contributed by atoms with E-state index in [1.54, 1.807) is 25.1 Å². The minimum absolute atomic E-state index is 0.0830. The zero-order chi connectivity index (χ0) is 17.6. The summed E-state index contributed by atoms with van der Waals surface area (Å²) in [5.41, 5.74) is 0.825. The minimum atomic E-state index is -0.681. The predicted molar refractivity (Wildman–Crippen MR) is 91.8 cm³/mol. The number of hydrogen-bond donors (Lipinski definition) is 2. The molecule has 7 heteroatoms. The third-order valence-corrected chi connectivity index (χ3v) is 4.04. The Balaban J connectivity index is 2.77. The molecule has 0 aromatic heterocycles. The smallest absolute Gasteiger partial charge is 0.407 e. The average molecular weight is 361 g/mol. The molecule has 0 saturated heterocycles. The van der Waals surface area contributed by atoms with Crippen molar-refractivity contribution >= 4 is 35.2 Å². The molecule has 5 nitrogen and oxygen atoms in total. The van der Waals surface area contributed by atoms with Gasteiger partial charge in [-0.15, -0.1) is 0 Å². The molecule has 1 aromatic rings. The van der Waals surface area contributed by atoms with Gasteiger partial charge in [-0.1, -0.05) is 43.1 Å². The van der Waals surface area contributed by atoms with Gasteiger partial charge in [-0.25, -0.2) is 4.79 Å². The Morgan fingerprint density at radius 3 is 2.30 bits per heavy atom. The van der Waals surface area contributed by atoms with Crippen LogP contribution in [0.5, 0.6) is 0 Å². The number of carbonyl (C=O) groups excluding carboxylic acids is 2. The van der Waals surface area contributed by atoms with Crippen molar-refractivity contribution in [2.75, 3.05) is 6.61 Å². The fraction of sp³-hybridized carbons (Fsp3) is 0.500. The zero-order valence-corrected chi connectivity index (χ0v) is 15.2. The predicted octanol–water partition coefficient (Wildman–Crippen LogP) is 3.94. The molecule has 0 bridgehead atoms. The largest absolute Gasteiger partial charge is 0.450 e. The molecule has 128 valence electrons. The molecule has 2 N–H and O–H groups in total. The third kappa shape index (κ3) is 5.92. The standard InChI is InChI=1S/C16H22Cl2N2O3/c1-5-23-16(22)20-14(9(2)3)15(21)19-10(4)11-6-7-12(17)13(18)8-11/h6-10,14H,5H2,1-4H3,(H,19,21)(H,20,22). The Kier molecular flexibility index (Phi) is 7.65. The molecule has 0 heterocycles. The summed E-state index contributed by atoms with van der Waals surface area (Å²) in [6.07, 6.45) is -0.608. The number of halogens is 2. The van der Waals surface area contributed by atoms with Gasteiger partial charge in [-0.2, -0.15) is 0 Å². The van der Waals surface area contributed by atoms with Gasteiger partial charge in [0.2, 0.25) is 5.91 Å². The topological polar surface area (TPSA) is 67.4 Å². The van der Waals surface area contributed by atoms with E-state index in [9.17, 15) is 9.59 Å². The molecular weight excluding hydrogens is 339 g/mol. The van der Waals surface area contributed by atoms with Gasteiger partial charge in [0.25, 0.3) is 0 Å². The van der Waals surface area contributed by atoms with Gasteiger partial charge in [0, 0.05) is 0 Å². The highest BCUT2D eigenvalue weighted by Gasteiger charge is 2.26. The lowest BCUT2D eigenvalue weighted by atomic mass is 10.0. The van der Waals surface area contributed by atoms with Gasteiger partial charge in [-0.05, 0) is 37.5 Å². The lowest BCUT2D eigenvalue weighted by Gasteiger charge is -2.24. The summed E-state index contributed by atoms with van der Waals surface area (Å²) in [4.78, 5) is 24.0. The van der Waals surface area contributed by atoms with Crippen molar-refractivity contribution in [2.45, 2.75) is 39.8 Å². The van der Waals surface area contributed by atoms with E-state index in [1.807, 2.05) is 20.8 Å². The summed E-state index contributed by atoms with van der Waals surface area (Å²) < 4.78 is 4.83. The normalized spacial score (nSPS) is 13.3. The van der Waals surface area contributed by atoms with Gasteiger partial charge >= 0.3 is 6.09 Å². The van der Waals surface area contributed by atoms with E-state index in [1.165, 1.54) is 0 Å². The van der Waals surface area contributed by atoms with Crippen molar-refractivity contribution in [1.29, 1.82) is 0 Å². The summed E-state index contributed by atoms with van der Waals surface area (Å²) in [5.74, 6) is -0.368. The van der Waals surface area contributed by atoms with Crippen molar-refractivity contribution < 1.29 is 14.3 Å². The Morgan fingerprint density at radius 2 is 1.78 bits per heavy atom. The molecule has 0 aliphatic carbocycles. The van der Waals surface area contributed by atoms with Crippen molar-refractivity contribution in [3.8, 4) is 0 Å². The van der Waals surface area contributed by atoms with Crippen LogP contribution in [0.15, 0.2) is 18.2 Å². The van der Waals surface area contributed by atoms with E-state index in [0.717, 1.165) is 5.56 Å². The highest BCUT2D eigenvalue weighted by atomic mass is 35.5. The summed E-state index contributed by atoms with van der Waals surface area (Å²) >= 11 is 11.9. The number of hydrogen-bond acceptors (Lipinski definition) is 3. The van der Waals surface area contributed by atoms with Gasteiger partial charge in [0.15, 0.2) is 0 Å². The number of alkyl carbamates (subject to hydrolysis) is 1. The molecule has 1 rings (SSSR count). The van der Waals surface area contributed by atoms with Gasteiger partial charge in [0.1, 0.15) is 6.04 Å². The maximum atomic E-state index is 12.4. The molecule has 1 aromatic carbocycles. The molecular formula is C16H22Cl2N2O3. The Bertz CT molecular complexity index is 564. The van der Waals surface area contributed by atoms with E-state index < -0.39 is 12.1 Å². The van der Waals surface area contributed by atoms with Gasteiger partial charge < -0.3 is 15.4 Å². The number of nitrogens with one attached hydrogen (secondary N) is 2. The number of ether oxygens (including phenoxy) is 1. The summed E-state index contributed by atoms with van der Waals surface area (Å²) in [6, 6.07) is 4.22. The van der Waals surface area contributed by atoms with Crippen LogP contribution in [-0.2, 0) is 9.53 Å². The average Bonchev–Trinajstić information content (AvgIpc) is 2.47. The molecule has 0 radical (unpaired) electrons. The van der Waals surface area contributed by atoms with Crippen LogP contribution in [0.4, 0.5) is 4.79 Å². The second-order valence-corrected chi connectivity index (χ2v) is 6.30. The highest BCUT2D eigenvalue weighted by Crippen LogP contribution is 2.25. The van der Waals surface area contributed by atoms with Crippen LogP contribution >= 0.6 is 23.2 Å². The van der Waals surface area contributed by atoms with E-state index in [4.69, 9.17) is 27.9 Å². The molecule has 0 saturated carbocycles.